The Kier molecular flexibility index (Phi) is 6.53. The minimum atomic E-state index is -2.56. The third kappa shape index (κ3) is 4.86. The molecule has 39 heavy (non-hydrogen) atoms. The molecule has 6 rings (SSSR count). The molecule has 2 saturated heterocycles. The first-order chi connectivity index (χ1) is 18.7. The van der Waals surface area contributed by atoms with Gasteiger partial charge in [0.2, 0.25) is 0 Å². The summed E-state index contributed by atoms with van der Waals surface area (Å²) in [6.45, 7) is 2.81. The third-order valence-electron chi connectivity index (χ3n) is 7.32. The number of fused-ring (bicyclic) bond motifs is 1. The Morgan fingerprint density at radius 2 is 2.00 bits per heavy atom. The van der Waals surface area contributed by atoms with E-state index in [1.54, 1.807) is 28.5 Å². The van der Waals surface area contributed by atoms with Crippen LogP contribution in [0.25, 0.3) is 27.9 Å². The molecule has 0 aliphatic carbocycles. The predicted octanol–water partition coefficient (Wildman–Crippen LogP) is 3.96. The first-order valence-corrected chi connectivity index (χ1v) is 14.6. The highest BCUT2D eigenvalue weighted by Gasteiger charge is 2.30. The molecule has 0 saturated carbocycles. The monoisotopic (exact) mass is 555 g/mol. The van der Waals surface area contributed by atoms with Crippen molar-refractivity contribution in [2.75, 3.05) is 37.1 Å². The van der Waals surface area contributed by atoms with Gasteiger partial charge in [-0.2, -0.15) is 20.8 Å². The normalized spacial score (nSPS) is 21.4. The number of rotatable bonds is 6. The second-order valence-corrected chi connectivity index (χ2v) is 12.4. The molecular formula is C26H30FN7O4S. The molecule has 2 fully saturated rings. The van der Waals surface area contributed by atoms with Gasteiger partial charge in [-0.1, -0.05) is 0 Å². The largest absolute Gasteiger partial charge is 0.379 e. The maximum absolute atomic E-state index is 15.3. The summed E-state index contributed by atoms with van der Waals surface area (Å²) in [4.78, 5) is 17.2. The Bertz CT molecular complexity index is 1560. The summed E-state index contributed by atoms with van der Waals surface area (Å²) in [6.07, 6.45) is 8.44. The van der Waals surface area contributed by atoms with E-state index >= 15 is 4.39 Å². The smallest absolute Gasteiger partial charge is 0.251 e. The van der Waals surface area contributed by atoms with Gasteiger partial charge >= 0.3 is 0 Å². The molecule has 0 bridgehead atoms. The zero-order valence-electron chi connectivity index (χ0n) is 21.6. The molecule has 4 aromatic rings. The number of nitrogens with zero attached hydrogens (tertiary/aromatic N) is 5. The number of carbonyl (C=O) groups excluding carboxylic acids is 1. The number of carbonyl (C=O) groups is 1. The standard InChI is InChI=1S/C26H30FN7O4S/c1-15-7-16(26(35)28-2)8-20(23(15)27)21-10-30-34-12-22(24(32-25(21)34)31-18-3-5-38-13-18)17-9-29-33(11-17)19-4-6-39(36,37)14-19/h7-12,18-19,36-37H,3-6,13-14H2,1-2H3,(H,28,35)(H,31,32). The summed E-state index contributed by atoms with van der Waals surface area (Å²) in [6, 6.07) is 3.00. The lowest BCUT2D eigenvalue weighted by molar-refractivity contribution is 0.0963. The van der Waals surface area contributed by atoms with Crippen molar-refractivity contribution >= 4 is 28.0 Å². The number of amides is 1. The molecule has 5 heterocycles. The van der Waals surface area contributed by atoms with Crippen molar-refractivity contribution in [1.29, 1.82) is 0 Å². The van der Waals surface area contributed by atoms with Gasteiger partial charge < -0.3 is 15.4 Å². The second kappa shape index (κ2) is 9.90. The Labute approximate surface area is 225 Å². The summed E-state index contributed by atoms with van der Waals surface area (Å²) in [5.41, 5.74) is 3.37. The van der Waals surface area contributed by atoms with Gasteiger partial charge in [0.1, 0.15) is 11.6 Å². The number of halogens is 1. The van der Waals surface area contributed by atoms with Crippen LogP contribution in [0.4, 0.5) is 10.2 Å². The topological polar surface area (TPSA) is 139 Å². The Hall–Kier alpha value is -3.52. The first kappa shape index (κ1) is 25.7. The van der Waals surface area contributed by atoms with E-state index in [4.69, 9.17) is 9.72 Å². The summed E-state index contributed by atoms with van der Waals surface area (Å²) in [7, 11) is -1.03. The minimum Gasteiger partial charge on any atom is -0.379 e. The molecule has 3 aromatic heterocycles. The van der Waals surface area contributed by atoms with Crippen molar-refractivity contribution in [2.45, 2.75) is 31.8 Å². The fourth-order valence-electron chi connectivity index (χ4n) is 5.19. The number of nitrogens with one attached hydrogen (secondary N) is 2. The van der Waals surface area contributed by atoms with E-state index in [0.717, 1.165) is 17.5 Å². The van der Waals surface area contributed by atoms with Crippen molar-refractivity contribution in [3.63, 3.8) is 0 Å². The van der Waals surface area contributed by atoms with Gasteiger partial charge in [-0.25, -0.2) is 13.9 Å². The lowest BCUT2D eigenvalue weighted by Crippen LogP contribution is -2.20. The molecule has 2 aliphatic heterocycles. The van der Waals surface area contributed by atoms with Crippen molar-refractivity contribution in [2.24, 2.45) is 0 Å². The molecule has 2 atom stereocenters. The van der Waals surface area contributed by atoms with E-state index in [1.807, 2.05) is 12.4 Å². The Morgan fingerprint density at radius 1 is 1.15 bits per heavy atom. The fourth-order valence-corrected chi connectivity index (χ4v) is 6.94. The number of aromatic nitrogens is 5. The predicted molar refractivity (Wildman–Crippen MR) is 147 cm³/mol. The van der Waals surface area contributed by atoms with Crippen molar-refractivity contribution in [1.82, 2.24) is 29.7 Å². The maximum Gasteiger partial charge on any atom is 0.251 e. The van der Waals surface area contributed by atoms with Crippen LogP contribution in [0.15, 0.2) is 36.9 Å². The number of hydrogen-bond acceptors (Lipinski definition) is 8. The van der Waals surface area contributed by atoms with Gasteiger partial charge in [0, 0.05) is 59.6 Å². The van der Waals surface area contributed by atoms with Gasteiger partial charge in [0.25, 0.3) is 5.91 Å². The van der Waals surface area contributed by atoms with Crippen molar-refractivity contribution < 1.29 is 23.0 Å². The second-order valence-electron chi connectivity index (χ2n) is 10.1. The zero-order chi connectivity index (χ0) is 27.3. The van der Waals surface area contributed by atoms with Crippen molar-refractivity contribution in [3.8, 4) is 22.3 Å². The molecule has 0 radical (unpaired) electrons. The molecule has 13 heteroatoms. The number of aryl methyl sites for hydroxylation is 1. The SMILES string of the molecule is CNC(=O)c1cc(C)c(F)c(-c2cnn3cc(-c4cnn(C5CCS(O)(O)C5)c4)c(NC4CCOC4)nc23)c1. The van der Waals surface area contributed by atoms with Crippen LogP contribution in [0, 0.1) is 12.7 Å². The van der Waals surface area contributed by atoms with Gasteiger partial charge in [-0.3, -0.25) is 18.6 Å². The summed E-state index contributed by atoms with van der Waals surface area (Å²) in [5.74, 6) is 0.497. The molecule has 2 unspecified atom stereocenters. The fraction of sp³-hybridized carbons (Fsp3) is 0.385. The van der Waals surface area contributed by atoms with E-state index in [9.17, 15) is 13.9 Å². The molecule has 11 nitrogen and oxygen atoms in total. The lowest BCUT2D eigenvalue weighted by Gasteiger charge is -2.25. The maximum atomic E-state index is 15.3. The van der Waals surface area contributed by atoms with Gasteiger partial charge in [0.15, 0.2) is 5.65 Å². The molecule has 1 aromatic carbocycles. The number of anilines is 1. The van der Waals surface area contributed by atoms with E-state index in [2.05, 4.69) is 20.8 Å². The van der Waals surface area contributed by atoms with E-state index < -0.39 is 16.4 Å². The lowest BCUT2D eigenvalue weighted by atomic mass is 10.0. The first-order valence-electron chi connectivity index (χ1n) is 12.8. The van der Waals surface area contributed by atoms with Crippen LogP contribution in [0.3, 0.4) is 0 Å². The van der Waals surface area contributed by atoms with Crippen molar-refractivity contribution in [3.05, 3.63) is 53.9 Å². The minimum absolute atomic E-state index is 0.0542. The molecule has 4 N–H and O–H groups in total. The van der Waals surface area contributed by atoms with Crippen LogP contribution in [0.2, 0.25) is 0 Å². The average Bonchev–Trinajstić information content (AvgIpc) is 3.72. The molecule has 1 amide bonds. The van der Waals surface area contributed by atoms with Crippen LogP contribution in [-0.2, 0) is 4.74 Å². The molecular weight excluding hydrogens is 525 g/mol. The van der Waals surface area contributed by atoms with Crippen LogP contribution >= 0.6 is 10.6 Å². The Balaban J connectivity index is 1.45. The number of hydrogen-bond donors (Lipinski definition) is 4. The van der Waals surface area contributed by atoms with Crippen LogP contribution < -0.4 is 10.6 Å². The van der Waals surface area contributed by atoms with E-state index in [-0.39, 0.29) is 23.6 Å². The van der Waals surface area contributed by atoms with Crippen LogP contribution in [0.1, 0.15) is 34.8 Å². The number of benzene rings is 1. The third-order valence-corrected chi connectivity index (χ3v) is 9.13. The number of ether oxygens (including phenoxy) is 1. The van der Waals surface area contributed by atoms with Gasteiger partial charge in [-0.15, -0.1) is 0 Å². The average molecular weight is 556 g/mol. The highest BCUT2D eigenvalue weighted by atomic mass is 32.3. The zero-order valence-corrected chi connectivity index (χ0v) is 22.4. The quantitative estimate of drug-likeness (QED) is 0.280. The summed E-state index contributed by atoms with van der Waals surface area (Å²) >= 11 is 0. The van der Waals surface area contributed by atoms with Gasteiger partial charge in [-0.05, 0) is 37.5 Å². The molecule has 2 aliphatic rings. The molecule has 0 spiro atoms. The van der Waals surface area contributed by atoms with Gasteiger partial charge in [0.05, 0.1) is 36.8 Å². The highest BCUT2D eigenvalue weighted by molar-refractivity contribution is 8.24. The van der Waals surface area contributed by atoms with E-state index in [0.29, 0.717) is 59.3 Å². The summed E-state index contributed by atoms with van der Waals surface area (Å²) in [5, 5.41) is 15.0. The van der Waals surface area contributed by atoms with E-state index in [1.165, 1.54) is 19.2 Å². The molecule has 206 valence electrons. The van der Waals surface area contributed by atoms with Crippen LogP contribution in [0.5, 0.6) is 0 Å². The Morgan fingerprint density at radius 3 is 2.72 bits per heavy atom. The van der Waals surface area contributed by atoms with Crippen LogP contribution in [-0.4, -0.2) is 77.2 Å². The highest BCUT2D eigenvalue weighted by Crippen LogP contribution is 2.50. The summed E-state index contributed by atoms with van der Waals surface area (Å²) < 4.78 is 44.4.